The van der Waals surface area contributed by atoms with Crippen molar-refractivity contribution in [2.75, 3.05) is 49.6 Å². The van der Waals surface area contributed by atoms with Crippen molar-refractivity contribution in [2.45, 2.75) is 37.9 Å². The third-order valence-corrected chi connectivity index (χ3v) is 7.48. The molecule has 1 saturated carbocycles. The van der Waals surface area contributed by atoms with Crippen LogP contribution in [0.4, 0.5) is 24.8 Å². The Morgan fingerprint density at radius 2 is 1.76 bits per heavy atom. The third-order valence-electron chi connectivity index (χ3n) is 7.48. The Morgan fingerprint density at radius 1 is 1.00 bits per heavy atom. The summed E-state index contributed by atoms with van der Waals surface area (Å²) in [5, 5.41) is 3.45. The molecule has 1 aliphatic carbocycles. The van der Waals surface area contributed by atoms with Gasteiger partial charge in [-0.3, -0.25) is 4.79 Å². The molecule has 6 rings (SSSR count). The lowest BCUT2D eigenvalue weighted by molar-refractivity contribution is 0.0299. The van der Waals surface area contributed by atoms with E-state index in [9.17, 15) is 13.6 Å². The van der Waals surface area contributed by atoms with Crippen LogP contribution in [0.5, 0.6) is 0 Å². The zero-order valence-corrected chi connectivity index (χ0v) is 20.9. The Balaban J connectivity index is 1.22. The van der Waals surface area contributed by atoms with Crippen LogP contribution in [0.2, 0.25) is 0 Å². The van der Waals surface area contributed by atoms with Crippen LogP contribution in [0, 0.1) is 17.6 Å². The molecule has 200 valence electrons. The van der Waals surface area contributed by atoms with Gasteiger partial charge in [0.2, 0.25) is 0 Å². The number of ether oxygens (including phenoxy) is 1. The van der Waals surface area contributed by atoms with E-state index in [0.29, 0.717) is 86.6 Å². The maximum atomic E-state index is 15.2. The molecule has 0 radical (unpaired) electrons. The van der Waals surface area contributed by atoms with Gasteiger partial charge in [0.05, 0.1) is 24.9 Å². The van der Waals surface area contributed by atoms with Crippen molar-refractivity contribution in [3.05, 3.63) is 53.4 Å². The number of fused-ring (bicyclic) bond motifs is 1. The van der Waals surface area contributed by atoms with Gasteiger partial charge < -0.3 is 19.9 Å². The number of pyridine rings is 1. The summed E-state index contributed by atoms with van der Waals surface area (Å²) < 4.78 is 47.9. The molecule has 2 aromatic heterocycles. The highest BCUT2D eigenvalue weighted by molar-refractivity contribution is 5.95. The lowest BCUT2D eigenvalue weighted by Gasteiger charge is -2.35. The van der Waals surface area contributed by atoms with Crippen molar-refractivity contribution in [1.29, 1.82) is 0 Å². The standard InChI is InChI=1S/C27H29F3N6O2/c28-17-1-4-19(20(29)13-17)24(30)16-5-7-35(8-6-16)26-25(32-18-2-3-18)33-21-14-22(31-15-23(21)34-26)27(37)36-9-11-38-12-10-36/h1,4,13-16,18,24H,2-3,5-12H2,(H,32,33)/t24-/m0/s1. The van der Waals surface area contributed by atoms with Crippen molar-refractivity contribution < 1.29 is 22.7 Å². The topological polar surface area (TPSA) is 83.5 Å². The number of morpholine rings is 1. The van der Waals surface area contributed by atoms with Crippen molar-refractivity contribution >= 4 is 28.6 Å². The van der Waals surface area contributed by atoms with Crippen molar-refractivity contribution in [3.63, 3.8) is 0 Å². The molecule has 0 spiro atoms. The number of carbonyl (C=O) groups is 1. The lowest BCUT2D eigenvalue weighted by Crippen LogP contribution is -2.41. The van der Waals surface area contributed by atoms with Gasteiger partial charge in [-0.15, -0.1) is 0 Å². The number of nitrogens with zero attached hydrogens (tertiary/aromatic N) is 5. The van der Waals surface area contributed by atoms with E-state index < -0.39 is 17.8 Å². The average Bonchev–Trinajstić information content (AvgIpc) is 3.76. The van der Waals surface area contributed by atoms with Gasteiger partial charge in [0.25, 0.3) is 5.91 Å². The van der Waals surface area contributed by atoms with Crippen LogP contribution in [0.3, 0.4) is 0 Å². The van der Waals surface area contributed by atoms with Gasteiger partial charge in [-0.05, 0) is 43.7 Å². The number of benzene rings is 1. The molecule has 1 amide bonds. The molecule has 1 aromatic carbocycles. The van der Waals surface area contributed by atoms with Gasteiger partial charge in [0.1, 0.15) is 29.0 Å². The number of halogens is 3. The SMILES string of the molecule is O=C(c1cc2nc(NC3CC3)c(N3CCC([C@H](F)c4ccc(F)cc4F)CC3)nc2cn1)N1CCOCC1. The van der Waals surface area contributed by atoms with Crippen molar-refractivity contribution in [1.82, 2.24) is 19.9 Å². The van der Waals surface area contributed by atoms with Gasteiger partial charge in [-0.25, -0.2) is 28.1 Å². The number of hydrogen-bond acceptors (Lipinski definition) is 7. The van der Waals surface area contributed by atoms with Crippen LogP contribution < -0.4 is 10.2 Å². The van der Waals surface area contributed by atoms with Crippen molar-refractivity contribution in [2.24, 2.45) is 5.92 Å². The van der Waals surface area contributed by atoms with Crippen LogP contribution in [0.15, 0.2) is 30.5 Å². The Bertz CT molecular complexity index is 1340. The minimum Gasteiger partial charge on any atom is -0.378 e. The van der Waals surface area contributed by atoms with Gasteiger partial charge in [0.15, 0.2) is 11.6 Å². The van der Waals surface area contributed by atoms with Gasteiger partial charge in [0, 0.05) is 43.9 Å². The number of piperidine rings is 1. The second kappa shape index (κ2) is 10.4. The summed E-state index contributed by atoms with van der Waals surface area (Å²) in [6, 6.07) is 5.02. The highest BCUT2D eigenvalue weighted by Gasteiger charge is 2.32. The summed E-state index contributed by atoms with van der Waals surface area (Å²) in [6.45, 7) is 3.12. The number of carbonyl (C=O) groups excluding carboxylic acids is 1. The second-order valence-corrected chi connectivity index (χ2v) is 10.2. The highest BCUT2D eigenvalue weighted by Crippen LogP contribution is 2.38. The Labute approximate surface area is 218 Å². The number of rotatable bonds is 6. The highest BCUT2D eigenvalue weighted by atomic mass is 19.1. The fraction of sp³-hybridized carbons (Fsp3) is 0.481. The molecule has 1 atom stereocenters. The van der Waals surface area contributed by atoms with Gasteiger partial charge in [-0.2, -0.15) is 0 Å². The molecule has 3 fully saturated rings. The Morgan fingerprint density at radius 3 is 2.47 bits per heavy atom. The number of nitrogens with one attached hydrogen (secondary N) is 1. The summed E-state index contributed by atoms with van der Waals surface area (Å²) in [4.78, 5) is 30.8. The van der Waals surface area contributed by atoms with E-state index in [4.69, 9.17) is 14.7 Å². The minimum absolute atomic E-state index is 0.0973. The van der Waals surface area contributed by atoms with Gasteiger partial charge in [-0.1, -0.05) is 6.07 Å². The molecule has 2 saturated heterocycles. The van der Waals surface area contributed by atoms with E-state index in [2.05, 4.69) is 15.2 Å². The summed E-state index contributed by atoms with van der Waals surface area (Å²) in [5.41, 5.74) is 1.37. The van der Waals surface area contributed by atoms with E-state index in [0.717, 1.165) is 25.0 Å². The largest absolute Gasteiger partial charge is 0.378 e. The first-order chi connectivity index (χ1) is 18.5. The molecular formula is C27H29F3N6O2. The van der Waals surface area contributed by atoms with Crippen LogP contribution in [0.1, 0.15) is 47.9 Å². The molecule has 0 bridgehead atoms. The predicted octanol–water partition coefficient (Wildman–Crippen LogP) is 4.28. The van der Waals surface area contributed by atoms with Gasteiger partial charge >= 0.3 is 0 Å². The maximum Gasteiger partial charge on any atom is 0.272 e. The molecule has 2 aliphatic heterocycles. The first-order valence-electron chi connectivity index (χ1n) is 13.1. The zero-order valence-electron chi connectivity index (χ0n) is 20.9. The average molecular weight is 527 g/mol. The van der Waals surface area contributed by atoms with Crippen LogP contribution in [-0.2, 0) is 4.74 Å². The summed E-state index contributed by atoms with van der Waals surface area (Å²) in [5.74, 6) is -0.801. The quantitative estimate of drug-likeness (QED) is 0.514. The molecular weight excluding hydrogens is 497 g/mol. The maximum absolute atomic E-state index is 15.2. The smallest absolute Gasteiger partial charge is 0.272 e. The van der Waals surface area contributed by atoms with E-state index in [1.165, 1.54) is 6.07 Å². The van der Waals surface area contributed by atoms with Crippen LogP contribution in [0.25, 0.3) is 11.0 Å². The monoisotopic (exact) mass is 526 g/mol. The summed E-state index contributed by atoms with van der Waals surface area (Å²) in [7, 11) is 0. The number of amides is 1. The van der Waals surface area contributed by atoms with Crippen molar-refractivity contribution in [3.8, 4) is 0 Å². The van der Waals surface area contributed by atoms with Crippen LogP contribution >= 0.6 is 0 Å². The van der Waals surface area contributed by atoms with E-state index in [-0.39, 0.29) is 17.4 Å². The molecule has 3 aromatic rings. The molecule has 4 heterocycles. The fourth-order valence-corrected chi connectivity index (χ4v) is 5.12. The minimum atomic E-state index is -1.50. The zero-order chi connectivity index (χ0) is 26.2. The molecule has 1 N–H and O–H groups in total. The van der Waals surface area contributed by atoms with Crippen LogP contribution in [-0.4, -0.2) is 71.2 Å². The first kappa shape index (κ1) is 24.8. The predicted molar refractivity (Wildman–Crippen MR) is 136 cm³/mol. The third kappa shape index (κ3) is 5.11. The number of anilines is 2. The number of alkyl halides is 1. The Kier molecular flexibility index (Phi) is 6.77. The molecule has 3 aliphatic rings. The second-order valence-electron chi connectivity index (χ2n) is 10.2. The number of hydrogen-bond donors (Lipinski definition) is 1. The molecule has 11 heteroatoms. The summed E-state index contributed by atoms with van der Waals surface area (Å²) >= 11 is 0. The van der Waals surface area contributed by atoms with E-state index in [1.807, 2.05) is 0 Å². The first-order valence-corrected chi connectivity index (χ1v) is 13.1. The fourth-order valence-electron chi connectivity index (χ4n) is 5.12. The van der Waals surface area contributed by atoms with E-state index >= 15 is 4.39 Å². The van der Waals surface area contributed by atoms with E-state index in [1.54, 1.807) is 17.2 Å². The molecule has 8 nitrogen and oxygen atoms in total. The summed E-state index contributed by atoms with van der Waals surface area (Å²) in [6.07, 6.45) is 3.15. The normalized spacial score (nSPS) is 19.6. The Hall–Kier alpha value is -3.47. The molecule has 0 unspecified atom stereocenters. The lowest BCUT2D eigenvalue weighted by atomic mass is 9.88. The molecule has 38 heavy (non-hydrogen) atoms. The number of aromatic nitrogens is 3.